The highest BCUT2D eigenvalue weighted by Gasteiger charge is 2.23. The van der Waals surface area contributed by atoms with Gasteiger partial charge < -0.3 is 4.90 Å². The van der Waals surface area contributed by atoms with Crippen LogP contribution in [0.5, 0.6) is 0 Å². The van der Waals surface area contributed by atoms with E-state index < -0.39 is 0 Å². The average molecular weight is 177 g/mol. The predicted octanol–water partition coefficient (Wildman–Crippen LogP) is 1.48. The Bertz CT molecular complexity index is 263. The lowest BCUT2D eigenvalue weighted by molar-refractivity contribution is 0.174. The molecule has 0 spiro atoms. The summed E-state index contributed by atoms with van der Waals surface area (Å²) >= 11 is 0. The molecule has 1 fully saturated rings. The van der Waals surface area contributed by atoms with Crippen LogP contribution in [0.4, 0.5) is 5.69 Å². The fraction of sp³-hybridized carbons (Fsp3) is 0.500. The molecule has 3 heteroatoms. The number of hydrogen-bond acceptors (Lipinski definition) is 2. The molecule has 69 valence electrons. The zero-order valence-electron chi connectivity index (χ0n) is 7.52. The van der Waals surface area contributed by atoms with E-state index in [9.17, 15) is 5.11 Å². The van der Waals surface area contributed by atoms with Gasteiger partial charge in [-0.25, -0.2) is 5.11 Å². The Morgan fingerprint density at radius 2 is 2.23 bits per heavy atom. The molecule has 0 N–H and O–H groups in total. The molecule has 0 unspecified atom stereocenters. The first kappa shape index (κ1) is 8.51. The molecule has 1 radical (unpaired) electrons. The van der Waals surface area contributed by atoms with E-state index in [-0.39, 0.29) is 12.6 Å². The van der Waals surface area contributed by atoms with Crippen LogP contribution in [-0.4, -0.2) is 24.2 Å². The van der Waals surface area contributed by atoms with Crippen molar-refractivity contribution in [2.24, 2.45) is 0 Å². The van der Waals surface area contributed by atoms with Crippen LogP contribution in [-0.2, 0) is 5.11 Å². The fourth-order valence-corrected chi connectivity index (χ4v) is 1.88. The maximum absolute atomic E-state index is 10.9. The standard InChI is InChI=1S/C10H13N2O/c13-8-10-2-1-7-12(10)9-3-5-11-6-4-9/h3-6,10H,1-2,7-8H2/t10-/m1/s1. The topological polar surface area (TPSA) is 36.0 Å². The van der Waals surface area contributed by atoms with Gasteiger partial charge in [0.05, 0.1) is 6.04 Å². The third-order valence-electron chi connectivity index (χ3n) is 2.56. The average Bonchev–Trinajstić information content (AvgIpc) is 2.67. The molecule has 1 saturated heterocycles. The van der Waals surface area contributed by atoms with Crippen LogP contribution in [0.15, 0.2) is 24.5 Å². The summed E-state index contributed by atoms with van der Waals surface area (Å²) in [5.41, 5.74) is 1.13. The molecule has 1 atom stereocenters. The molecule has 2 heterocycles. The van der Waals surface area contributed by atoms with Crippen molar-refractivity contribution in [3.05, 3.63) is 24.5 Å². The lowest BCUT2D eigenvalue weighted by Crippen LogP contribution is -2.31. The maximum Gasteiger partial charge on any atom is 0.103 e. The van der Waals surface area contributed by atoms with Crippen LogP contribution in [0.1, 0.15) is 12.8 Å². The summed E-state index contributed by atoms with van der Waals surface area (Å²) in [4.78, 5) is 6.15. The highest BCUT2D eigenvalue weighted by Crippen LogP contribution is 2.24. The second-order valence-electron chi connectivity index (χ2n) is 3.36. The molecular formula is C10H13N2O. The molecule has 0 saturated carbocycles. The van der Waals surface area contributed by atoms with Gasteiger partial charge in [0, 0.05) is 24.6 Å². The van der Waals surface area contributed by atoms with Gasteiger partial charge in [0.2, 0.25) is 0 Å². The minimum Gasteiger partial charge on any atom is -0.366 e. The molecule has 0 amide bonds. The Morgan fingerprint density at radius 1 is 1.46 bits per heavy atom. The van der Waals surface area contributed by atoms with Crippen LogP contribution < -0.4 is 4.90 Å². The van der Waals surface area contributed by atoms with Crippen LogP contribution in [0.25, 0.3) is 0 Å². The normalized spacial score (nSPS) is 22.2. The largest absolute Gasteiger partial charge is 0.366 e. The Kier molecular flexibility index (Phi) is 2.45. The Hall–Kier alpha value is -1.09. The van der Waals surface area contributed by atoms with Crippen LogP contribution in [0.2, 0.25) is 0 Å². The van der Waals surface area contributed by atoms with Gasteiger partial charge >= 0.3 is 0 Å². The van der Waals surface area contributed by atoms with E-state index in [1.807, 2.05) is 12.1 Å². The number of aromatic nitrogens is 1. The van der Waals surface area contributed by atoms with Crippen LogP contribution in [0, 0.1) is 0 Å². The van der Waals surface area contributed by atoms with Crippen molar-refractivity contribution >= 4 is 5.69 Å². The summed E-state index contributed by atoms with van der Waals surface area (Å²) in [7, 11) is 0. The summed E-state index contributed by atoms with van der Waals surface area (Å²) in [6.45, 7) is 1.01. The maximum atomic E-state index is 10.9. The number of hydrogen-bond donors (Lipinski definition) is 0. The van der Waals surface area contributed by atoms with Gasteiger partial charge in [-0.05, 0) is 25.0 Å². The summed E-state index contributed by atoms with van der Waals surface area (Å²) in [6, 6.07) is 4.13. The zero-order valence-corrected chi connectivity index (χ0v) is 7.52. The Morgan fingerprint density at radius 3 is 2.92 bits per heavy atom. The van der Waals surface area contributed by atoms with Crippen molar-refractivity contribution < 1.29 is 5.11 Å². The zero-order chi connectivity index (χ0) is 9.10. The Labute approximate surface area is 78.0 Å². The van der Waals surface area contributed by atoms with E-state index in [1.54, 1.807) is 12.4 Å². The van der Waals surface area contributed by atoms with Gasteiger partial charge in [-0.2, -0.15) is 0 Å². The second-order valence-corrected chi connectivity index (χ2v) is 3.36. The molecule has 0 aliphatic carbocycles. The highest BCUT2D eigenvalue weighted by molar-refractivity contribution is 5.46. The summed E-state index contributed by atoms with van der Waals surface area (Å²) < 4.78 is 0. The predicted molar refractivity (Wildman–Crippen MR) is 50.2 cm³/mol. The van der Waals surface area contributed by atoms with Crippen LogP contribution in [0.3, 0.4) is 0 Å². The smallest absolute Gasteiger partial charge is 0.103 e. The molecule has 1 aromatic heterocycles. The first-order chi connectivity index (χ1) is 6.42. The van der Waals surface area contributed by atoms with Gasteiger partial charge in [0.1, 0.15) is 6.61 Å². The molecular weight excluding hydrogens is 164 g/mol. The van der Waals surface area contributed by atoms with Gasteiger partial charge in [-0.15, -0.1) is 0 Å². The van der Waals surface area contributed by atoms with Crippen molar-refractivity contribution in [1.29, 1.82) is 0 Å². The monoisotopic (exact) mass is 177 g/mol. The number of anilines is 1. The van der Waals surface area contributed by atoms with E-state index in [2.05, 4.69) is 9.88 Å². The van der Waals surface area contributed by atoms with E-state index in [0.717, 1.165) is 25.1 Å². The van der Waals surface area contributed by atoms with Crippen molar-refractivity contribution in [3.63, 3.8) is 0 Å². The molecule has 1 aliphatic heterocycles. The van der Waals surface area contributed by atoms with Gasteiger partial charge in [0.25, 0.3) is 0 Å². The lowest BCUT2D eigenvalue weighted by atomic mass is 10.2. The summed E-state index contributed by atoms with van der Waals surface area (Å²) in [5.74, 6) is 0. The highest BCUT2D eigenvalue weighted by atomic mass is 16.3. The summed E-state index contributed by atoms with van der Waals surface area (Å²) in [5, 5.41) is 10.9. The minimum atomic E-state index is 0.00230. The van der Waals surface area contributed by atoms with E-state index in [0.29, 0.717) is 0 Å². The lowest BCUT2D eigenvalue weighted by Gasteiger charge is -2.24. The van der Waals surface area contributed by atoms with Gasteiger partial charge in [-0.3, -0.25) is 4.98 Å². The molecule has 3 nitrogen and oxygen atoms in total. The van der Waals surface area contributed by atoms with E-state index >= 15 is 0 Å². The number of nitrogens with zero attached hydrogens (tertiary/aromatic N) is 2. The third-order valence-corrected chi connectivity index (χ3v) is 2.56. The molecule has 1 aliphatic rings. The molecule has 13 heavy (non-hydrogen) atoms. The van der Waals surface area contributed by atoms with E-state index in [1.165, 1.54) is 0 Å². The first-order valence-corrected chi connectivity index (χ1v) is 4.66. The van der Waals surface area contributed by atoms with Crippen molar-refractivity contribution in [2.45, 2.75) is 18.9 Å². The number of rotatable bonds is 2. The minimum absolute atomic E-state index is 0.00230. The Balaban J connectivity index is 2.16. The van der Waals surface area contributed by atoms with Crippen LogP contribution >= 0.6 is 0 Å². The van der Waals surface area contributed by atoms with Crippen molar-refractivity contribution in [1.82, 2.24) is 4.98 Å². The summed E-state index contributed by atoms with van der Waals surface area (Å²) in [6.07, 6.45) is 5.71. The molecule has 2 rings (SSSR count). The SMILES string of the molecule is [O]C[C@H]1CCCN1c1ccncc1. The molecule has 0 bridgehead atoms. The molecule has 1 aromatic rings. The van der Waals surface area contributed by atoms with Crippen molar-refractivity contribution in [2.75, 3.05) is 18.1 Å². The third kappa shape index (κ3) is 1.65. The second kappa shape index (κ2) is 3.75. The van der Waals surface area contributed by atoms with Crippen molar-refractivity contribution in [3.8, 4) is 0 Å². The fourth-order valence-electron chi connectivity index (χ4n) is 1.88. The van der Waals surface area contributed by atoms with Gasteiger partial charge in [-0.1, -0.05) is 0 Å². The first-order valence-electron chi connectivity index (χ1n) is 4.66. The molecule has 0 aromatic carbocycles. The van der Waals surface area contributed by atoms with Gasteiger partial charge in [0.15, 0.2) is 0 Å². The van der Waals surface area contributed by atoms with E-state index in [4.69, 9.17) is 0 Å². The number of pyridine rings is 1. The quantitative estimate of drug-likeness (QED) is 0.686.